The van der Waals surface area contributed by atoms with Gasteiger partial charge in [-0.05, 0) is 6.08 Å². The number of hydrogen-bond donors (Lipinski definition) is 1. The molecule has 0 unspecified atom stereocenters. The van der Waals surface area contributed by atoms with Crippen molar-refractivity contribution in [2.45, 2.75) is 6.18 Å². The molecule has 2 aromatic carbocycles. The summed E-state index contributed by atoms with van der Waals surface area (Å²) >= 11 is 0. The SMILES string of the molecule is O/C(=C\c1c(F)c(F)c(C(F)(F)F)c(F)c1F)c1ccccc1. The van der Waals surface area contributed by atoms with Gasteiger partial charge in [-0.15, -0.1) is 0 Å². The Hall–Kier alpha value is -2.51. The summed E-state index contributed by atoms with van der Waals surface area (Å²) < 4.78 is 91.6. The smallest absolute Gasteiger partial charge is 0.422 e. The molecule has 0 bridgehead atoms. The highest BCUT2D eigenvalue weighted by Gasteiger charge is 2.42. The minimum absolute atomic E-state index is 0.0482. The predicted octanol–water partition coefficient (Wildman–Crippen LogP) is 5.32. The third kappa shape index (κ3) is 3.15. The maximum absolute atomic E-state index is 13.7. The third-order valence-corrected chi connectivity index (χ3v) is 2.93. The van der Waals surface area contributed by atoms with E-state index in [9.17, 15) is 35.8 Å². The first kappa shape index (κ1) is 16.9. The van der Waals surface area contributed by atoms with E-state index in [1.165, 1.54) is 24.3 Å². The van der Waals surface area contributed by atoms with E-state index in [0.29, 0.717) is 6.08 Å². The highest BCUT2D eigenvalue weighted by molar-refractivity contribution is 5.76. The highest BCUT2D eigenvalue weighted by Crippen LogP contribution is 2.37. The van der Waals surface area contributed by atoms with Crippen molar-refractivity contribution in [3.05, 3.63) is 70.3 Å². The van der Waals surface area contributed by atoms with Crippen LogP contribution in [0, 0.1) is 23.3 Å². The van der Waals surface area contributed by atoms with Gasteiger partial charge in [-0.2, -0.15) is 13.2 Å². The number of benzene rings is 2. The van der Waals surface area contributed by atoms with E-state index in [-0.39, 0.29) is 5.56 Å². The van der Waals surface area contributed by atoms with Gasteiger partial charge in [0.15, 0.2) is 23.3 Å². The highest BCUT2D eigenvalue weighted by atomic mass is 19.4. The number of alkyl halides is 3. The van der Waals surface area contributed by atoms with Crippen LogP contribution in [-0.2, 0) is 6.18 Å². The molecule has 0 radical (unpaired) electrons. The van der Waals surface area contributed by atoms with E-state index in [0.717, 1.165) is 0 Å². The summed E-state index contributed by atoms with van der Waals surface area (Å²) in [7, 11) is 0. The summed E-state index contributed by atoms with van der Waals surface area (Å²) in [4.78, 5) is 0. The summed E-state index contributed by atoms with van der Waals surface area (Å²) in [6.45, 7) is 0. The fourth-order valence-corrected chi connectivity index (χ4v) is 1.85. The summed E-state index contributed by atoms with van der Waals surface area (Å²) in [6, 6.07) is 7.12. The maximum atomic E-state index is 13.7. The van der Waals surface area contributed by atoms with Crippen LogP contribution in [0.4, 0.5) is 30.7 Å². The van der Waals surface area contributed by atoms with Crippen LogP contribution in [0.25, 0.3) is 11.8 Å². The molecule has 0 aliphatic rings. The van der Waals surface area contributed by atoms with Crippen molar-refractivity contribution in [3.8, 4) is 0 Å². The summed E-state index contributed by atoms with van der Waals surface area (Å²) in [5, 5.41) is 9.69. The Morgan fingerprint density at radius 3 is 1.74 bits per heavy atom. The van der Waals surface area contributed by atoms with Gasteiger partial charge in [0.25, 0.3) is 0 Å². The molecule has 0 heterocycles. The predicted molar refractivity (Wildman–Crippen MR) is 68.2 cm³/mol. The lowest BCUT2D eigenvalue weighted by atomic mass is 10.0. The molecule has 0 fully saturated rings. The Morgan fingerprint density at radius 1 is 0.826 bits per heavy atom. The van der Waals surface area contributed by atoms with E-state index in [1.807, 2.05) is 0 Å². The minimum Gasteiger partial charge on any atom is -0.507 e. The van der Waals surface area contributed by atoms with Crippen LogP contribution < -0.4 is 0 Å². The second-order valence-corrected chi connectivity index (χ2v) is 4.44. The van der Waals surface area contributed by atoms with E-state index in [2.05, 4.69) is 0 Å². The normalized spacial score (nSPS) is 12.6. The largest absolute Gasteiger partial charge is 0.507 e. The first-order valence-electron chi connectivity index (χ1n) is 6.03. The van der Waals surface area contributed by atoms with Crippen LogP contribution >= 0.6 is 0 Å². The Balaban J connectivity index is 2.66. The minimum atomic E-state index is -5.61. The standard InChI is InChI=1S/C15H7F7O/c16-11-8(6-9(23)7-4-2-1-3-5-7)12(17)14(19)10(13(11)18)15(20,21)22/h1-6,23H/b9-6-. The van der Waals surface area contributed by atoms with Crippen molar-refractivity contribution in [3.63, 3.8) is 0 Å². The molecule has 2 aromatic rings. The average Bonchev–Trinajstić information content (AvgIpc) is 2.49. The Kier molecular flexibility index (Phi) is 4.35. The molecule has 0 spiro atoms. The first-order valence-corrected chi connectivity index (χ1v) is 6.03. The van der Waals surface area contributed by atoms with E-state index < -0.39 is 46.3 Å². The van der Waals surface area contributed by atoms with Gasteiger partial charge in [0, 0.05) is 5.56 Å². The molecule has 0 aliphatic carbocycles. The van der Waals surface area contributed by atoms with Crippen molar-refractivity contribution in [2.75, 3.05) is 0 Å². The fraction of sp³-hybridized carbons (Fsp3) is 0.0667. The lowest BCUT2D eigenvalue weighted by Crippen LogP contribution is -2.16. The molecule has 0 amide bonds. The number of rotatable bonds is 2. The zero-order chi connectivity index (χ0) is 17.4. The molecule has 0 saturated heterocycles. The summed E-state index contributed by atoms with van der Waals surface area (Å²) in [5.41, 5.74) is -4.06. The molecular weight excluding hydrogens is 329 g/mol. The van der Waals surface area contributed by atoms with Gasteiger partial charge in [0.1, 0.15) is 11.3 Å². The summed E-state index contributed by atoms with van der Waals surface area (Å²) in [6.07, 6.45) is -5.30. The van der Waals surface area contributed by atoms with Gasteiger partial charge in [0.2, 0.25) is 0 Å². The molecule has 122 valence electrons. The van der Waals surface area contributed by atoms with Crippen LogP contribution in [0.2, 0.25) is 0 Å². The van der Waals surface area contributed by atoms with Crippen molar-refractivity contribution >= 4 is 11.8 Å². The Morgan fingerprint density at radius 2 is 1.30 bits per heavy atom. The maximum Gasteiger partial charge on any atom is 0.422 e. The second-order valence-electron chi connectivity index (χ2n) is 4.44. The molecular formula is C15H7F7O. The van der Waals surface area contributed by atoms with Crippen LogP contribution in [0.5, 0.6) is 0 Å². The molecule has 23 heavy (non-hydrogen) atoms. The van der Waals surface area contributed by atoms with Crippen molar-refractivity contribution in [1.29, 1.82) is 0 Å². The molecule has 0 aliphatic heterocycles. The second kappa shape index (κ2) is 5.94. The zero-order valence-corrected chi connectivity index (χ0v) is 11.1. The van der Waals surface area contributed by atoms with Gasteiger partial charge < -0.3 is 5.11 Å². The molecule has 1 nitrogen and oxygen atoms in total. The van der Waals surface area contributed by atoms with E-state index in [1.54, 1.807) is 6.07 Å². The summed E-state index contributed by atoms with van der Waals surface area (Å²) in [5.74, 6) is -10.4. The van der Waals surface area contributed by atoms with Crippen LogP contribution in [-0.4, -0.2) is 5.11 Å². The van der Waals surface area contributed by atoms with Gasteiger partial charge in [-0.1, -0.05) is 30.3 Å². The molecule has 0 aromatic heterocycles. The van der Waals surface area contributed by atoms with Crippen molar-refractivity contribution < 1.29 is 35.8 Å². The number of hydrogen-bond acceptors (Lipinski definition) is 1. The molecule has 1 N–H and O–H groups in total. The Bertz CT molecular complexity index is 735. The lowest BCUT2D eigenvalue weighted by Gasteiger charge is -2.12. The lowest BCUT2D eigenvalue weighted by molar-refractivity contribution is -0.143. The van der Waals surface area contributed by atoms with Crippen LogP contribution in [0.1, 0.15) is 16.7 Å². The number of halogens is 7. The molecule has 2 rings (SSSR count). The van der Waals surface area contributed by atoms with Gasteiger partial charge in [-0.3, -0.25) is 0 Å². The van der Waals surface area contributed by atoms with E-state index in [4.69, 9.17) is 0 Å². The van der Waals surface area contributed by atoms with Gasteiger partial charge in [-0.25, -0.2) is 17.6 Å². The van der Waals surface area contributed by atoms with Crippen LogP contribution in [0.3, 0.4) is 0 Å². The van der Waals surface area contributed by atoms with Gasteiger partial charge >= 0.3 is 6.18 Å². The monoisotopic (exact) mass is 336 g/mol. The third-order valence-electron chi connectivity index (χ3n) is 2.93. The van der Waals surface area contributed by atoms with Crippen molar-refractivity contribution in [2.24, 2.45) is 0 Å². The molecule has 0 saturated carbocycles. The quantitative estimate of drug-likeness (QED) is 0.341. The molecule has 8 heteroatoms. The van der Waals surface area contributed by atoms with Gasteiger partial charge in [0.05, 0.1) is 5.56 Å². The Labute approximate surface area is 125 Å². The average molecular weight is 336 g/mol. The first-order chi connectivity index (χ1) is 10.6. The fourth-order valence-electron chi connectivity index (χ4n) is 1.85. The van der Waals surface area contributed by atoms with Crippen LogP contribution in [0.15, 0.2) is 30.3 Å². The van der Waals surface area contributed by atoms with E-state index >= 15 is 0 Å². The number of aliphatic hydroxyl groups excluding tert-OH is 1. The molecule has 0 atom stereocenters. The zero-order valence-electron chi connectivity index (χ0n) is 11.1. The topological polar surface area (TPSA) is 20.2 Å². The number of aliphatic hydroxyl groups is 1. The van der Waals surface area contributed by atoms with Crippen molar-refractivity contribution in [1.82, 2.24) is 0 Å².